The standard InChI is InChI=1S/C13H12O6.C11H10O5.CHN.I2/c1-6(12(15)16)10-4-7-3-8(18-2)5-9(14)11(7)13(17)19-10;1-15-7-2-6-3-8(5-12)16-11(14)10(6)9(13)4-7;2*1-2/h3-6,14H,1-2H3,(H,15,16);2-4,12-13H,5H2,1H3;1H;. The van der Waals surface area contributed by atoms with Crippen molar-refractivity contribution in [3.05, 3.63) is 68.8 Å². The first-order valence-electron chi connectivity index (χ1n) is 10.5. The number of aliphatic hydroxyl groups is 1. The molecule has 4 aromatic rings. The molecule has 12 nitrogen and oxygen atoms in total. The summed E-state index contributed by atoms with van der Waals surface area (Å²) < 4.78 is 19.7. The fourth-order valence-corrected chi connectivity index (χ4v) is 3.28. The number of carbonyl (C=O) groups is 1. The number of carboxylic acids is 1. The van der Waals surface area contributed by atoms with E-state index in [1.807, 2.05) is 0 Å². The summed E-state index contributed by atoms with van der Waals surface area (Å²) in [5.41, 5.74) is -1.46. The van der Waals surface area contributed by atoms with Gasteiger partial charge in [-0.3, -0.25) is 4.79 Å². The molecule has 2 aromatic carbocycles. The van der Waals surface area contributed by atoms with E-state index in [1.54, 1.807) is 6.07 Å². The van der Waals surface area contributed by atoms with E-state index in [0.717, 1.165) is 0 Å². The Balaban J connectivity index is 0.000000350. The molecule has 1 atom stereocenters. The highest BCUT2D eigenvalue weighted by atomic mass is 128. The van der Waals surface area contributed by atoms with Crippen LogP contribution < -0.4 is 20.7 Å². The number of phenolic OH excluding ortho intramolecular Hbond substituents is 2. The van der Waals surface area contributed by atoms with Crippen LogP contribution in [-0.2, 0) is 11.4 Å². The van der Waals surface area contributed by atoms with Crippen LogP contribution in [0.1, 0.15) is 24.4 Å². The highest BCUT2D eigenvalue weighted by molar-refractivity contribution is 15.0. The summed E-state index contributed by atoms with van der Waals surface area (Å²) in [6.45, 7) is 4.54. The van der Waals surface area contributed by atoms with Gasteiger partial charge in [0.25, 0.3) is 0 Å². The molecule has 0 aliphatic carbocycles. The van der Waals surface area contributed by atoms with Crippen LogP contribution in [0.15, 0.2) is 54.8 Å². The number of benzene rings is 2. The number of aromatic hydroxyl groups is 2. The van der Waals surface area contributed by atoms with Crippen molar-refractivity contribution in [2.75, 3.05) is 14.2 Å². The monoisotopic (exact) mass is 767 g/mol. The van der Waals surface area contributed by atoms with E-state index in [9.17, 15) is 24.6 Å². The highest BCUT2D eigenvalue weighted by Gasteiger charge is 2.19. The molecule has 0 fully saturated rings. The minimum Gasteiger partial charge on any atom is -0.507 e. The van der Waals surface area contributed by atoms with Gasteiger partial charge < -0.3 is 38.7 Å². The lowest BCUT2D eigenvalue weighted by molar-refractivity contribution is -0.138. The van der Waals surface area contributed by atoms with Crippen molar-refractivity contribution in [3.63, 3.8) is 0 Å². The Hall–Kier alpha value is -3.56. The summed E-state index contributed by atoms with van der Waals surface area (Å²) >= 11 is 4.24. The van der Waals surface area contributed by atoms with Crippen molar-refractivity contribution < 1.29 is 43.5 Å². The van der Waals surface area contributed by atoms with Gasteiger partial charge >= 0.3 is 17.2 Å². The second kappa shape index (κ2) is 15.8. The molecule has 39 heavy (non-hydrogen) atoms. The van der Waals surface area contributed by atoms with Crippen LogP contribution in [0.3, 0.4) is 0 Å². The number of fused-ring (bicyclic) bond motifs is 2. The average Bonchev–Trinajstić information content (AvgIpc) is 2.93. The zero-order valence-electron chi connectivity index (χ0n) is 20.7. The Bertz CT molecular complexity index is 1570. The van der Waals surface area contributed by atoms with Gasteiger partial charge in [0.05, 0.1) is 14.2 Å². The van der Waals surface area contributed by atoms with Gasteiger partial charge in [-0.1, -0.05) is 0 Å². The molecule has 0 amide bonds. The van der Waals surface area contributed by atoms with Crippen molar-refractivity contribution in [1.82, 2.24) is 0 Å². The van der Waals surface area contributed by atoms with Gasteiger partial charge in [0.1, 0.15) is 57.8 Å². The lowest BCUT2D eigenvalue weighted by atomic mass is 10.1. The molecule has 208 valence electrons. The van der Waals surface area contributed by atoms with Crippen LogP contribution in [0.5, 0.6) is 23.0 Å². The molecule has 2 aromatic heterocycles. The third-order valence-electron chi connectivity index (χ3n) is 5.12. The first-order valence-corrected chi connectivity index (χ1v) is 16.8. The summed E-state index contributed by atoms with van der Waals surface area (Å²) in [5.74, 6) is -1.56. The molecule has 0 radical (unpaired) electrons. The largest absolute Gasteiger partial charge is 0.507 e. The van der Waals surface area contributed by atoms with Gasteiger partial charge in [0.15, 0.2) is 0 Å². The van der Waals surface area contributed by atoms with Crippen LogP contribution in [0.4, 0.5) is 0 Å². The fraction of sp³-hybridized carbons (Fsp3) is 0.200. The number of aliphatic hydroxyl groups excluding tert-OH is 1. The molecule has 4 rings (SSSR count). The van der Waals surface area contributed by atoms with E-state index < -0.39 is 23.1 Å². The lowest BCUT2D eigenvalue weighted by Crippen LogP contribution is -2.11. The van der Waals surface area contributed by atoms with Gasteiger partial charge in [0, 0.05) is 55.9 Å². The van der Waals surface area contributed by atoms with Crippen molar-refractivity contribution in [2.45, 2.75) is 19.4 Å². The molecule has 1 unspecified atom stereocenters. The molecule has 0 saturated heterocycles. The summed E-state index contributed by atoms with van der Waals surface area (Å²) in [5, 5.41) is 44.6. The lowest BCUT2D eigenvalue weighted by Gasteiger charge is -2.08. The predicted octanol–water partition coefficient (Wildman–Crippen LogP) is 4.61. The fourth-order valence-electron chi connectivity index (χ4n) is 3.28. The normalized spacial score (nSPS) is 10.6. The van der Waals surface area contributed by atoms with E-state index in [1.165, 1.54) is 51.5 Å². The number of methoxy groups -OCH3 is 2. The van der Waals surface area contributed by atoms with Crippen molar-refractivity contribution >= 4 is 64.7 Å². The topological polar surface area (TPSA) is 201 Å². The third-order valence-corrected chi connectivity index (χ3v) is 5.12. The average molecular weight is 767 g/mol. The molecule has 0 saturated carbocycles. The number of nitrogens with zero attached hydrogens (tertiary/aromatic N) is 1. The molecular weight excluding hydrogens is 744 g/mol. The first kappa shape index (κ1) is 33.5. The van der Waals surface area contributed by atoms with Crippen molar-refractivity contribution in [2.24, 2.45) is 0 Å². The van der Waals surface area contributed by atoms with Crippen LogP contribution in [0, 0.1) is 11.8 Å². The quantitative estimate of drug-likeness (QED) is 0.206. The van der Waals surface area contributed by atoms with Gasteiger partial charge in [-0.25, -0.2) is 14.9 Å². The molecule has 14 heteroatoms. The zero-order chi connectivity index (χ0) is 29.9. The Kier molecular flexibility index (Phi) is 13.5. The predicted molar refractivity (Wildman–Crippen MR) is 158 cm³/mol. The number of carboxylic acid groups (broad SMARTS) is 1. The van der Waals surface area contributed by atoms with Crippen molar-refractivity contribution in [3.8, 4) is 29.6 Å². The molecular formula is C25H23I2NO11. The molecule has 0 spiro atoms. The maximum absolute atomic E-state index is 11.8. The van der Waals surface area contributed by atoms with Crippen LogP contribution >= 0.6 is 37.2 Å². The number of rotatable bonds is 5. The minimum atomic E-state index is -1.10. The van der Waals surface area contributed by atoms with Gasteiger partial charge in [-0.15, -0.1) is 0 Å². The van der Waals surface area contributed by atoms with Gasteiger partial charge in [0.2, 0.25) is 0 Å². The summed E-state index contributed by atoms with van der Waals surface area (Å²) in [6, 6.07) is 8.64. The molecule has 2 heterocycles. The first-order chi connectivity index (χ1) is 18.6. The Morgan fingerprint density at radius 2 is 1.33 bits per heavy atom. The highest BCUT2D eigenvalue weighted by Crippen LogP contribution is 2.30. The van der Waals surface area contributed by atoms with Gasteiger partial charge in [-0.2, -0.15) is 0 Å². The van der Waals surface area contributed by atoms with E-state index >= 15 is 0 Å². The van der Waals surface area contributed by atoms with Crippen LogP contribution in [0.2, 0.25) is 0 Å². The Labute approximate surface area is 244 Å². The maximum atomic E-state index is 11.8. The summed E-state index contributed by atoms with van der Waals surface area (Å²) in [7, 11) is 2.88. The zero-order valence-corrected chi connectivity index (χ0v) is 25.0. The Morgan fingerprint density at radius 3 is 1.74 bits per heavy atom. The number of aliphatic carboxylic acids is 1. The number of phenols is 2. The molecule has 0 aliphatic rings. The van der Waals surface area contributed by atoms with Gasteiger partial charge in [-0.05, 0) is 42.0 Å². The third kappa shape index (κ3) is 8.21. The number of hydrogen-bond donors (Lipinski definition) is 4. The molecule has 0 aliphatic heterocycles. The summed E-state index contributed by atoms with van der Waals surface area (Å²) in [4.78, 5) is 34.2. The maximum Gasteiger partial charge on any atom is 0.347 e. The minimum absolute atomic E-state index is 0.00198. The second-order valence-corrected chi connectivity index (χ2v) is 7.38. The second-order valence-electron chi connectivity index (χ2n) is 7.38. The summed E-state index contributed by atoms with van der Waals surface area (Å²) in [6.07, 6.45) is 0. The van der Waals surface area contributed by atoms with E-state index in [0.29, 0.717) is 22.3 Å². The molecule has 0 bridgehead atoms. The number of halogens is 2. The number of nitriles is 1. The number of ether oxygens (including phenoxy) is 2. The van der Waals surface area contributed by atoms with E-state index in [4.69, 9.17) is 33.8 Å². The van der Waals surface area contributed by atoms with Crippen LogP contribution in [-0.4, -0.2) is 40.6 Å². The van der Waals surface area contributed by atoms with E-state index in [2.05, 4.69) is 43.8 Å². The number of hydrogen-bond acceptors (Lipinski definition) is 11. The van der Waals surface area contributed by atoms with Crippen molar-refractivity contribution in [1.29, 1.82) is 5.26 Å². The Morgan fingerprint density at radius 1 is 0.897 bits per heavy atom. The van der Waals surface area contributed by atoms with E-state index in [-0.39, 0.29) is 40.4 Å². The smallest absolute Gasteiger partial charge is 0.347 e. The van der Waals surface area contributed by atoms with Crippen LogP contribution in [0.25, 0.3) is 21.5 Å². The SMILES string of the molecule is C#N.COc1cc(O)c2c(=O)oc(C(C)C(=O)O)cc2c1.COc1cc(O)c2c(=O)oc(CO)cc2c1.II. The molecule has 4 N–H and O–H groups in total.